The average molecular weight is 245 g/mol. The highest BCUT2D eigenvalue weighted by Gasteiger charge is 2.50. The molecule has 18 heavy (non-hydrogen) atoms. The van der Waals surface area contributed by atoms with Gasteiger partial charge in [-0.2, -0.15) is 0 Å². The minimum Gasteiger partial charge on any atom is -0.426 e. The van der Waals surface area contributed by atoms with Crippen LogP contribution in [0.4, 0.5) is 0 Å². The molecule has 0 saturated carbocycles. The number of likely N-dealkylation sites (tertiary alicyclic amines) is 1. The molecule has 1 saturated heterocycles. The van der Waals surface area contributed by atoms with Crippen LogP contribution in [0.1, 0.15) is 30.9 Å². The van der Waals surface area contributed by atoms with E-state index in [4.69, 9.17) is 4.74 Å². The Bertz CT molecular complexity index is 487. The van der Waals surface area contributed by atoms with Crippen molar-refractivity contribution in [3.8, 4) is 5.75 Å². The summed E-state index contributed by atoms with van der Waals surface area (Å²) in [7, 11) is 0. The van der Waals surface area contributed by atoms with Crippen molar-refractivity contribution >= 4 is 5.97 Å². The van der Waals surface area contributed by atoms with Crippen LogP contribution in [0.2, 0.25) is 0 Å². The molecule has 2 heterocycles. The molecule has 1 spiro atoms. The van der Waals surface area contributed by atoms with Gasteiger partial charge >= 0.3 is 5.97 Å². The van der Waals surface area contributed by atoms with Crippen LogP contribution in [0.5, 0.6) is 5.75 Å². The smallest absolute Gasteiger partial charge is 0.322 e. The van der Waals surface area contributed by atoms with Crippen molar-refractivity contribution in [3.05, 3.63) is 29.3 Å². The topological polar surface area (TPSA) is 29.5 Å². The van der Waals surface area contributed by atoms with E-state index >= 15 is 0 Å². The van der Waals surface area contributed by atoms with Crippen LogP contribution in [0.3, 0.4) is 0 Å². The predicted octanol–water partition coefficient (Wildman–Crippen LogP) is 2.27. The number of nitrogens with zero attached hydrogens (tertiary/aromatic N) is 1. The van der Waals surface area contributed by atoms with Gasteiger partial charge in [0.1, 0.15) is 5.75 Å². The zero-order valence-corrected chi connectivity index (χ0v) is 11.0. The van der Waals surface area contributed by atoms with Gasteiger partial charge in [0, 0.05) is 5.56 Å². The number of fused-ring (bicyclic) bond motifs is 2. The SMILES string of the molecule is CCN1CCC2(CC1)C(=O)Oc1ccc(C)cc12. The van der Waals surface area contributed by atoms with Crippen LogP contribution in [0.15, 0.2) is 18.2 Å². The van der Waals surface area contributed by atoms with E-state index in [2.05, 4.69) is 24.8 Å². The fraction of sp³-hybridized carbons (Fsp3) is 0.533. The van der Waals surface area contributed by atoms with Gasteiger partial charge in [-0.25, -0.2) is 0 Å². The standard InChI is InChI=1S/C15H19NO2/c1-3-16-8-6-15(7-9-16)12-10-11(2)4-5-13(12)18-14(15)17/h4-5,10H,3,6-9H2,1-2H3. The van der Waals surface area contributed by atoms with Crippen LogP contribution < -0.4 is 4.74 Å². The molecular weight excluding hydrogens is 226 g/mol. The maximum absolute atomic E-state index is 12.3. The Labute approximate surface area is 108 Å². The van der Waals surface area contributed by atoms with Gasteiger partial charge in [0.2, 0.25) is 0 Å². The van der Waals surface area contributed by atoms with Crippen molar-refractivity contribution in [2.75, 3.05) is 19.6 Å². The highest BCUT2D eigenvalue weighted by Crippen LogP contribution is 2.46. The van der Waals surface area contributed by atoms with Crippen LogP contribution in [0.25, 0.3) is 0 Å². The van der Waals surface area contributed by atoms with Gasteiger partial charge in [-0.15, -0.1) is 0 Å². The molecule has 1 aromatic rings. The molecule has 0 amide bonds. The lowest BCUT2D eigenvalue weighted by Crippen LogP contribution is -2.46. The molecule has 2 aliphatic rings. The molecule has 0 N–H and O–H groups in total. The Morgan fingerprint density at radius 1 is 1.33 bits per heavy atom. The molecule has 1 aromatic carbocycles. The number of rotatable bonds is 1. The monoisotopic (exact) mass is 245 g/mol. The number of hydrogen-bond donors (Lipinski definition) is 0. The third kappa shape index (κ3) is 1.57. The van der Waals surface area contributed by atoms with Crippen LogP contribution in [-0.2, 0) is 10.2 Å². The van der Waals surface area contributed by atoms with E-state index in [-0.39, 0.29) is 11.4 Å². The number of hydrogen-bond acceptors (Lipinski definition) is 3. The maximum Gasteiger partial charge on any atom is 0.322 e. The zero-order chi connectivity index (χ0) is 12.8. The summed E-state index contributed by atoms with van der Waals surface area (Å²) in [6.45, 7) is 7.27. The number of carbonyl (C=O) groups excluding carboxylic acids is 1. The number of ether oxygens (including phenoxy) is 1. The van der Waals surface area contributed by atoms with Gasteiger partial charge in [0.25, 0.3) is 0 Å². The van der Waals surface area contributed by atoms with E-state index in [1.54, 1.807) is 0 Å². The van der Waals surface area contributed by atoms with E-state index in [9.17, 15) is 4.79 Å². The van der Waals surface area contributed by atoms with Crippen molar-refractivity contribution in [1.29, 1.82) is 0 Å². The summed E-state index contributed by atoms with van der Waals surface area (Å²) >= 11 is 0. The molecule has 2 aliphatic heterocycles. The van der Waals surface area contributed by atoms with Crippen molar-refractivity contribution in [2.24, 2.45) is 0 Å². The second kappa shape index (κ2) is 4.09. The highest BCUT2D eigenvalue weighted by molar-refractivity contribution is 5.90. The van der Waals surface area contributed by atoms with E-state index in [0.29, 0.717) is 0 Å². The summed E-state index contributed by atoms with van der Waals surface area (Å²) < 4.78 is 5.47. The van der Waals surface area contributed by atoms with Crippen molar-refractivity contribution in [1.82, 2.24) is 4.90 Å². The third-order valence-corrected chi connectivity index (χ3v) is 4.40. The van der Waals surface area contributed by atoms with Crippen molar-refractivity contribution < 1.29 is 9.53 Å². The fourth-order valence-electron chi connectivity index (χ4n) is 3.14. The molecule has 0 radical (unpaired) electrons. The highest BCUT2D eigenvalue weighted by atomic mass is 16.5. The molecule has 3 rings (SSSR count). The largest absolute Gasteiger partial charge is 0.426 e. The molecule has 0 aromatic heterocycles. The Balaban J connectivity index is 1.98. The average Bonchev–Trinajstić information content (AvgIpc) is 2.64. The molecule has 3 nitrogen and oxygen atoms in total. The summed E-state index contributed by atoms with van der Waals surface area (Å²) in [5.41, 5.74) is 1.94. The maximum atomic E-state index is 12.3. The fourth-order valence-corrected chi connectivity index (χ4v) is 3.14. The first-order valence-corrected chi connectivity index (χ1v) is 6.71. The number of carbonyl (C=O) groups is 1. The van der Waals surface area contributed by atoms with Crippen molar-refractivity contribution in [2.45, 2.75) is 32.1 Å². The Hall–Kier alpha value is -1.35. The summed E-state index contributed by atoms with van der Waals surface area (Å²) in [6.07, 6.45) is 1.77. The summed E-state index contributed by atoms with van der Waals surface area (Å²) in [6, 6.07) is 6.07. The molecular formula is C15H19NO2. The first-order valence-electron chi connectivity index (χ1n) is 6.71. The summed E-state index contributed by atoms with van der Waals surface area (Å²) in [5, 5.41) is 0. The molecule has 1 fully saturated rings. The molecule has 96 valence electrons. The molecule has 0 bridgehead atoms. The number of aryl methyl sites for hydroxylation is 1. The first-order chi connectivity index (χ1) is 8.65. The van der Waals surface area contributed by atoms with Crippen LogP contribution in [0, 0.1) is 6.92 Å². The first kappa shape index (κ1) is 11.7. The quantitative estimate of drug-likeness (QED) is 0.561. The van der Waals surface area contributed by atoms with Crippen LogP contribution in [-0.4, -0.2) is 30.5 Å². The predicted molar refractivity (Wildman–Crippen MR) is 69.8 cm³/mol. The summed E-state index contributed by atoms with van der Waals surface area (Å²) in [5.74, 6) is 0.731. The number of piperidine rings is 1. The van der Waals surface area contributed by atoms with Gasteiger partial charge in [-0.05, 0) is 45.5 Å². The number of esters is 1. The van der Waals surface area contributed by atoms with E-state index in [0.717, 1.165) is 43.8 Å². The second-order valence-electron chi connectivity index (χ2n) is 5.41. The van der Waals surface area contributed by atoms with Gasteiger partial charge in [0.15, 0.2) is 0 Å². The lowest BCUT2D eigenvalue weighted by Gasteiger charge is -2.36. The van der Waals surface area contributed by atoms with E-state index in [1.165, 1.54) is 5.56 Å². The molecule has 3 heteroatoms. The molecule has 0 atom stereocenters. The van der Waals surface area contributed by atoms with E-state index < -0.39 is 0 Å². The molecule has 0 unspecified atom stereocenters. The number of benzene rings is 1. The minimum atomic E-state index is -0.368. The molecule has 0 aliphatic carbocycles. The van der Waals surface area contributed by atoms with E-state index in [1.807, 2.05) is 12.1 Å². The van der Waals surface area contributed by atoms with Gasteiger partial charge in [0.05, 0.1) is 5.41 Å². The summed E-state index contributed by atoms with van der Waals surface area (Å²) in [4.78, 5) is 14.7. The van der Waals surface area contributed by atoms with Gasteiger partial charge in [-0.3, -0.25) is 4.79 Å². The zero-order valence-electron chi connectivity index (χ0n) is 11.0. The third-order valence-electron chi connectivity index (χ3n) is 4.40. The lowest BCUT2D eigenvalue weighted by atomic mass is 9.73. The minimum absolute atomic E-state index is 0.0427. The van der Waals surface area contributed by atoms with Crippen LogP contribution >= 0.6 is 0 Å². The Morgan fingerprint density at radius 3 is 2.72 bits per heavy atom. The van der Waals surface area contributed by atoms with Gasteiger partial charge < -0.3 is 9.64 Å². The normalized spacial score (nSPS) is 22.0. The Kier molecular flexibility index (Phi) is 2.67. The van der Waals surface area contributed by atoms with Crippen molar-refractivity contribution in [3.63, 3.8) is 0 Å². The Morgan fingerprint density at radius 2 is 2.06 bits per heavy atom. The lowest BCUT2D eigenvalue weighted by molar-refractivity contribution is -0.140. The second-order valence-corrected chi connectivity index (χ2v) is 5.41. The van der Waals surface area contributed by atoms with Gasteiger partial charge in [-0.1, -0.05) is 24.6 Å².